The zero-order chi connectivity index (χ0) is 13.0. The van der Waals surface area contributed by atoms with Crippen molar-refractivity contribution in [3.8, 4) is 0 Å². The Bertz CT molecular complexity index is 352. The predicted molar refractivity (Wildman–Crippen MR) is 79.0 cm³/mol. The fraction of sp³-hybridized carbons (Fsp3) is 0.625. The second kappa shape index (κ2) is 6.63. The molecule has 100 valence electrons. The van der Waals surface area contributed by atoms with Gasteiger partial charge in [-0.2, -0.15) is 0 Å². The molecule has 1 aliphatic rings. The molecule has 1 aromatic carbocycles. The van der Waals surface area contributed by atoms with Crippen molar-refractivity contribution >= 4 is 11.8 Å². The second-order valence-electron chi connectivity index (χ2n) is 5.71. The van der Waals surface area contributed by atoms with Crippen molar-refractivity contribution in [2.45, 2.75) is 50.5 Å². The standard InChI is InChI=1S/C16H24OS/c1-12-3-7-14(8-4-12)16(17)11-18-15-9-5-13(2)6-10-15/h5-6,9-10,12,14,16-17H,3-4,7-8,11H2,1-2H3. The Morgan fingerprint density at radius 2 is 1.78 bits per heavy atom. The molecule has 0 spiro atoms. The van der Waals surface area contributed by atoms with Gasteiger partial charge in [-0.3, -0.25) is 0 Å². The van der Waals surface area contributed by atoms with Crippen LogP contribution in [0.15, 0.2) is 29.2 Å². The van der Waals surface area contributed by atoms with E-state index in [4.69, 9.17) is 0 Å². The molecule has 1 fully saturated rings. The summed E-state index contributed by atoms with van der Waals surface area (Å²) in [6, 6.07) is 8.57. The Balaban J connectivity index is 1.77. The maximum atomic E-state index is 10.3. The van der Waals surface area contributed by atoms with Crippen molar-refractivity contribution in [3.05, 3.63) is 29.8 Å². The van der Waals surface area contributed by atoms with Gasteiger partial charge in [0.25, 0.3) is 0 Å². The van der Waals surface area contributed by atoms with Gasteiger partial charge in [0.2, 0.25) is 0 Å². The van der Waals surface area contributed by atoms with Crippen molar-refractivity contribution in [1.82, 2.24) is 0 Å². The summed E-state index contributed by atoms with van der Waals surface area (Å²) in [5.74, 6) is 2.22. The van der Waals surface area contributed by atoms with Gasteiger partial charge in [0, 0.05) is 10.6 Å². The first-order chi connectivity index (χ1) is 8.65. The molecule has 1 nitrogen and oxygen atoms in total. The smallest absolute Gasteiger partial charge is 0.0662 e. The molecular formula is C16H24OS. The molecule has 18 heavy (non-hydrogen) atoms. The Kier molecular flexibility index (Phi) is 5.13. The highest BCUT2D eigenvalue weighted by atomic mass is 32.2. The SMILES string of the molecule is Cc1ccc(SCC(O)C2CCC(C)CC2)cc1. The minimum Gasteiger partial charge on any atom is -0.392 e. The van der Waals surface area contributed by atoms with Crippen LogP contribution in [0.2, 0.25) is 0 Å². The van der Waals surface area contributed by atoms with Gasteiger partial charge in [0.05, 0.1) is 6.10 Å². The Morgan fingerprint density at radius 1 is 1.17 bits per heavy atom. The summed E-state index contributed by atoms with van der Waals surface area (Å²) in [7, 11) is 0. The van der Waals surface area contributed by atoms with Crippen molar-refractivity contribution < 1.29 is 5.11 Å². The van der Waals surface area contributed by atoms with Gasteiger partial charge in [-0.15, -0.1) is 11.8 Å². The van der Waals surface area contributed by atoms with Crippen LogP contribution in [0.5, 0.6) is 0 Å². The molecule has 2 heteroatoms. The number of thioether (sulfide) groups is 1. The van der Waals surface area contributed by atoms with Crippen molar-refractivity contribution in [2.24, 2.45) is 11.8 Å². The molecule has 0 amide bonds. The molecule has 0 aliphatic heterocycles. The van der Waals surface area contributed by atoms with Crippen LogP contribution in [0.3, 0.4) is 0 Å². The zero-order valence-corrected chi connectivity index (χ0v) is 12.2. The van der Waals surface area contributed by atoms with Crippen LogP contribution in [0.25, 0.3) is 0 Å². The molecule has 0 radical (unpaired) electrons. The van der Waals surface area contributed by atoms with Crippen LogP contribution in [-0.4, -0.2) is 17.0 Å². The third kappa shape index (κ3) is 4.03. The zero-order valence-electron chi connectivity index (χ0n) is 11.4. The molecule has 0 bridgehead atoms. The van der Waals surface area contributed by atoms with Crippen LogP contribution in [0.1, 0.15) is 38.2 Å². The minimum absolute atomic E-state index is 0.135. The van der Waals surface area contributed by atoms with E-state index in [0.717, 1.165) is 11.7 Å². The minimum atomic E-state index is -0.135. The second-order valence-corrected chi connectivity index (χ2v) is 6.80. The van der Waals surface area contributed by atoms with Crippen LogP contribution in [0, 0.1) is 18.8 Å². The molecule has 1 atom stereocenters. The van der Waals surface area contributed by atoms with Gasteiger partial charge in [-0.05, 0) is 43.7 Å². The first-order valence-corrected chi connectivity index (χ1v) is 8.01. The number of hydrogen-bond acceptors (Lipinski definition) is 2. The average Bonchev–Trinajstić information content (AvgIpc) is 2.38. The average molecular weight is 264 g/mol. The number of aliphatic hydroxyl groups excluding tert-OH is 1. The van der Waals surface area contributed by atoms with Gasteiger partial charge in [-0.1, -0.05) is 37.5 Å². The van der Waals surface area contributed by atoms with E-state index in [0.29, 0.717) is 5.92 Å². The summed E-state index contributed by atoms with van der Waals surface area (Å²) in [5, 5.41) is 10.3. The summed E-state index contributed by atoms with van der Waals surface area (Å²) in [6.45, 7) is 4.43. The lowest BCUT2D eigenvalue weighted by molar-refractivity contribution is 0.0946. The van der Waals surface area contributed by atoms with Crippen LogP contribution >= 0.6 is 11.8 Å². The maximum absolute atomic E-state index is 10.3. The fourth-order valence-corrected chi connectivity index (χ4v) is 3.59. The van der Waals surface area contributed by atoms with E-state index in [1.165, 1.54) is 36.1 Å². The summed E-state index contributed by atoms with van der Waals surface area (Å²) in [4.78, 5) is 1.27. The maximum Gasteiger partial charge on any atom is 0.0662 e. The van der Waals surface area contributed by atoms with E-state index < -0.39 is 0 Å². The monoisotopic (exact) mass is 264 g/mol. The molecule has 1 aliphatic carbocycles. The number of rotatable bonds is 4. The normalized spacial score (nSPS) is 25.9. The predicted octanol–water partition coefficient (Wildman–Crippen LogP) is 4.27. The number of benzene rings is 1. The van der Waals surface area contributed by atoms with Crippen LogP contribution < -0.4 is 0 Å². The largest absolute Gasteiger partial charge is 0.392 e. The number of aryl methyl sites for hydroxylation is 1. The first kappa shape index (κ1) is 14.0. The third-order valence-electron chi connectivity index (χ3n) is 4.05. The molecule has 1 aromatic rings. The van der Waals surface area contributed by atoms with E-state index in [1.807, 2.05) is 0 Å². The lowest BCUT2D eigenvalue weighted by Crippen LogP contribution is -2.26. The highest BCUT2D eigenvalue weighted by Gasteiger charge is 2.24. The number of hydrogen-bond donors (Lipinski definition) is 1. The highest BCUT2D eigenvalue weighted by molar-refractivity contribution is 7.99. The van der Waals surface area contributed by atoms with Crippen molar-refractivity contribution in [3.63, 3.8) is 0 Å². The molecule has 0 saturated heterocycles. The molecule has 0 aromatic heterocycles. The summed E-state index contributed by atoms with van der Waals surface area (Å²) < 4.78 is 0. The Hall–Kier alpha value is -0.470. The summed E-state index contributed by atoms with van der Waals surface area (Å²) in [6.07, 6.45) is 4.85. The topological polar surface area (TPSA) is 20.2 Å². The van der Waals surface area contributed by atoms with Gasteiger partial charge < -0.3 is 5.11 Å². The van der Waals surface area contributed by atoms with E-state index in [1.54, 1.807) is 11.8 Å². The number of aliphatic hydroxyl groups is 1. The van der Waals surface area contributed by atoms with E-state index in [2.05, 4.69) is 38.1 Å². The van der Waals surface area contributed by atoms with Crippen molar-refractivity contribution in [2.75, 3.05) is 5.75 Å². The fourth-order valence-electron chi connectivity index (χ4n) is 2.62. The van der Waals surface area contributed by atoms with Crippen LogP contribution in [-0.2, 0) is 0 Å². The summed E-state index contributed by atoms with van der Waals surface area (Å²) >= 11 is 1.78. The molecule has 0 heterocycles. The lowest BCUT2D eigenvalue weighted by atomic mass is 9.81. The van der Waals surface area contributed by atoms with E-state index in [-0.39, 0.29) is 6.10 Å². The molecule has 2 rings (SSSR count). The summed E-state index contributed by atoms with van der Waals surface area (Å²) in [5.41, 5.74) is 1.29. The van der Waals surface area contributed by atoms with Gasteiger partial charge in [-0.25, -0.2) is 0 Å². The highest BCUT2D eigenvalue weighted by Crippen LogP contribution is 2.32. The quantitative estimate of drug-likeness (QED) is 0.819. The first-order valence-electron chi connectivity index (χ1n) is 7.02. The van der Waals surface area contributed by atoms with Crippen LogP contribution in [0.4, 0.5) is 0 Å². The molecule has 1 unspecified atom stereocenters. The van der Waals surface area contributed by atoms with Gasteiger partial charge in [0.15, 0.2) is 0 Å². The lowest BCUT2D eigenvalue weighted by Gasteiger charge is -2.29. The molecule has 1 saturated carbocycles. The van der Waals surface area contributed by atoms with E-state index >= 15 is 0 Å². The van der Waals surface area contributed by atoms with Gasteiger partial charge in [0.1, 0.15) is 0 Å². The molecular weight excluding hydrogens is 240 g/mol. The van der Waals surface area contributed by atoms with Gasteiger partial charge >= 0.3 is 0 Å². The third-order valence-corrected chi connectivity index (χ3v) is 5.16. The Labute approximate surface area is 115 Å². The van der Waals surface area contributed by atoms with E-state index in [9.17, 15) is 5.11 Å². The Morgan fingerprint density at radius 3 is 2.39 bits per heavy atom. The molecule has 1 N–H and O–H groups in total. The van der Waals surface area contributed by atoms with Crippen molar-refractivity contribution in [1.29, 1.82) is 0 Å².